The minimum atomic E-state index is -0.804. The van der Waals surface area contributed by atoms with Crippen molar-refractivity contribution in [3.63, 3.8) is 0 Å². The molecule has 1 aromatic rings. The molecule has 1 aliphatic heterocycles. The van der Waals surface area contributed by atoms with E-state index >= 15 is 0 Å². The van der Waals surface area contributed by atoms with Gasteiger partial charge in [0.05, 0.1) is 10.4 Å². The summed E-state index contributed by atoms with van der Waals surface area (Å²) >= 11 is 1.42. The Labute approximate surface area is 128 Å². The second kappa shape index (κ2) is 6.53. The van der Waals surface area contributed by atoms with Gasteiger partial charge in [-0.25, -0.2) is 4.98 Å². The zero-order valence-electron chi connectivity index (χ0n) is 12.2. The van der Waals surface area contributed by atoms with Gasteiger partial charge in [-0.2, -0.15) is 0 Å². The number of carbonyl (C=O) groups excluding carboxylic acids is 1. The van der Waals surface area contributed by atoms with Gasteiger partial charge >= 0.3 is 5.97 Å². The minimum Gasteiger partial charge on any atom is -0.481 e. The molecule has 1 aliphatic rings. The average molecular weight is 311 g/mol. The maximum atomic E-state index is 12.4. The highest BCUT2D eigenvalue weighted by atomic mass is 32.1. The fraction of sp³-hybridized carbons (Fsp3) is 0.643. The molecular weight excluding hydrogens is 290 g/mol. The molecule has 1 amide bonds. The van der Waals surface area contributed by atoms with Crippen LogP contribution >= 0.6 is 11.3 Å². The van der Waals surface area contributed by atoms with E-state index in [0.717, 1.165) is 11.4 Å². The van der Waals surface area contributed by atoms with Crippen molar-refractivity contribution in [3.05, 3.63) is 16.1 Å². The molecule has 0 aromatic carbocycles. The maximum absolute atomic E-state index is 12.4. The van der Waals surface area contributed by atoms with Gasteiger partial charge in [-0.3, -0.25) is 9.59 Å². The summed E-state index contributed by atoms with van der Waals surface area (Å²) in [5.41, 5.74) is 5.09. The van der Waals surface area contributed by atoms with Crippen LogP contribution in [0.2, 0.25) is 0 Å². The lowest BCUT2D eigenvalue weighted by Crippen LogP contribution is -2.37. The SMILES string of the molecule is CCCC1(C(=O)O)CCN(C(=O)c2csc(CCN)n2)C1. The van der Waals surface area contributed by atoms with E-state index < -0.39 is 11.4 Å². The lowest BCUT2D eigenvalue weighted by molar-refractivity contribution is -0.148. The van der Waals surface area contributed by atoms with E-state index in [9.17, 15) is 14.7 Å². The van der Waals surface area contributed by atoms with Crippen molar-refractivity contribution in [2.75, 3.05) is 19.6 Å². The molecule has 0 aliphatic carbocycles. The molecule has 1 saturated heterocycles. The quantitative estimate of drug-likeness (QED) is 0.827. The minimum absolute atomic E-state index is 0.172. The number of aromatic nitrogens is 1. The molecule has 6 nitrogen and oxygen atoms in total. The number of likely N-dealkylation sites (tertiary alicyclic amines) is 1. The van der Waals surface area contributed by atoms with Crippen LogP contribution in [-0.4, -0.2) is 46.5 Å². The summed E-state index contributed by atoms with van der Waals surface area (Å²) in [7, 11) is 0. The van der Waals surface area contributed by atoms with Crippen LogP contribution in [0.15, 0.2) is 5.38 Å². The average Bonchev–Trinajstić information content (AvgIpc) is 3.07. The smallest absolute Gasteiger partial charge is 0.311 e. The van der Waals surface area contributed by atoms with Gasteiger partial charge in [-0.1, -0.05) is 13.3 Å². The van der Waals surface area contributed by atoms with Gasteiger partial charge in [0.25, 0.3) is 5.91 Å². The molecule has 1 unspecified atom stereocenters. The van der Waals surface area contributed by atoms with Crippen LogP contribution in [0.3, 0.4) is 0 Å². The van der Waals surface area contributed by atoms with E-state index in [2.05, 4.69) is 4.98 Å². The fourth-order valence-electron chi connectivity index (χ4n) is 2.82. The molecule has 0 radical (unpaired) electrons. The number of carbonyl (C=O) groups is 2. The topological polar surface area (TPSA) is 96.5 Å². The molecule has 1 atom stereocenters. The number of hydrogen-bond acceptors (Lipinski definition) is 5. The maximum Gasteiger partial charge on any atom is 0.311 e. The molecule has 3 N–H and O–H groups in total. The molecule has 2 rings (SSSR count). The van der Waals surface area contributed by atoms with E-state index in [0.29, 0.717) is 38.0 Å². The van der Waals surface area contributed by atoms with Gasteiger partial charge in [0.15, 0.2) is 0 Å². The predicted molar refractivity (Wildman–Crippen MR) is 80.4 cm³/mol. The summed E-state index contributed by atoms with van der Waals surface area (Å²) in [6.45, 7) is 3.23. The third-order valence-corrected chi connectivity index (χ3v) is 4.86. The lowest BCUT2D eigenvalue weighted by Gasteiger charge is -2.23. The van der Waals surface area contributed by atoms with E-state index in [-0.39, 0.29) is 12.5 Å². The number of hydrogen-bond donors (Lipinski definition) is 2. The number of nitrogens with two attached hydrogens (primary N) is 1. The summed E-state index contributed by atoms with van der Waals surface area (Å²) in [6, 6.07) is 0. The van der Waals surface area contributed by atoms with Gasteiger partial charge in [0.1, 0.15) is 5.69 Å². The predicted octanol–water partition coefficient (Wildman–Crippen LogP) is 1.36. The summed E-state index contributed by atoms with van der Waals surface area (Å²) in [5, 5.41) is 12.0. The van der Waals surface area contributed by atoms with Crippen LogP contribution in [0, 0.1) is 5.41 Å². The van der Waals surface area contributed by atoms with Crippen molar-refractivity contribution in [3.8, 4) is 0 Å². The number of nitrogens with zero attached hydrogens (tertiary/aromatic N) is 2. The van der Waals surface area contributed by atoms with Gasteiger partial charge in [-0.05, 0) is 19.4 Å². The highest BCUT2D eigenvalue weighted by Gasteiger charge is 2.45. The lowest BCUT2D eigenvalue weighted by atomic mass is 9.83. The summed E-state index contributed by atoms with van der Waals surface area (Å²) in [4.78, 5) is 29.9. The van der Waals surface area contributed by atoms with Crippen LogP contribution in [0.4, 0.5) is 0 Å². The molecule has 0 saturated carbocycles. The molecule has 1 fully saturated rings. The van der Waals surface area contributed by atoms with Crippen molar-refractivity contribution in [1.82, 2.24) is 9.88 Å². The number of thiazole rings is 1. The largest absolute Gasteiger partial charge is 0.481 e. The first-order valence-electron chi connectivity index (χ1n) is 7.19. The Hall–Kier alpha value is -1.47. The standard InChI is InChI=1S/C14H21N3O3S/c1-2-4-14(13(19)20)5-7-17(9-14)12(18)10-8-21-11(16-10)3-6-15/h8H,2-7,9,15H2,1H3,(H,19,20). The van der Waals surface area contributed by atoms with Gasteiger partial charge in [0.2, 0.25) is 0 Å². The Morgan fingerprint density at radius 2 is 2.33 bits per heavy atom. The van der Waals surface area contributed by atoms with Crippen molar-refractivity contribution in [2.24, 2.45) is 11.1 Å². The highest BCUT2D eigenvalue weighted by Crippen LogP contribution is 2.36. The van der Waals surface area contributed by atoms with E-state index in [1.165, 1.54) is 11.3 Å². The first kappa shape index (κ1) is 15.9. The van der Waals surface area contributed by atoms with Crippen molar-refractivity contribution < 1.29 is 14.7 Å². The van der Waals surface area contributed by atoms with Crippen LogP contribution in [-0.2, 0) is 11.2 Å². The number of amides is 1. The van der Waals surface area contributed by atoms with E-state index in [1.54, 1.807) is 10.3 Å². The van der Waals surface area contributed by atoms with Crippen LogP contribution < -0.4 is 5.73 Å². The Kier molecular flexibility index (Phi) is 4.95. The highest BCUT2D eigenvalue weighted by molar-refractivity contribution is 7.09. The first-order chi connectivity index (χ1) is 10.0. The van der Waals surface area contributed by atoms with Crippen molar-refractivity contribution in [1.29, 1.82) is 0 Å². The number of carboxylic acids is 1. The van der Waals surface area contributed by atoms with Crippen LogP contribution in [0.25, 0.3) is 0 Å². The second-order valence-corrected chi connectivity index (χ2v) is 6.42. The zero-order chi connectivity index (χ0) is 15.5. The number of aliphatic carboxylic acids is 1. The summed E-state index contributed by atoms with van der Waals surface area (Å²) in [5.74, 6) is -0.976. The van der Waals surface area contributed by atoms with Crippen molar-refractivity contribution in [2.45, 2.75) is 32.6 Å². The molecule has 0 bridgehead atoms. The molecular formula is C14H21N3O3S. The molecule has 116 valence electrons. The third kappa shape index (κ3) is 3.24. The van der Waals surface area contributed by atoms with Crippen LogP contribution in [0.5, 0.6) is 0 Å². The molecule has 0 spiro atoms. The van der Waals surface area contributed by atoms with E-state index in [4.69, 9.17) is 5.73 Å². The van der Waals surface area contributed by atoms with Gasteiger partial charge in [-0.15, -0.1) is 11.3 Å². The van der Waals surface area contributed by atoms with Gasteiger partial charge in [0, 0.05) is 24.9 Å². The van der Waals surface area contributed by atoms with Gasteiger partial charge < -0.3 is 15.7 Å². The Bertz CT molecular complexity index is 531. The fourth-order valence-corrected chi connectivity index (χ4v) is 3.61. The van der Waals surface area contributed by atoms with Crippen LogP contribution in [0.1, 0.15) is 41.7 Å². The molecule has 2 heterocycles. The van der Waals surface area contributed by atoms with Crippen molar-refractivity contribution >= 4 is 23.2 Å². The first-order valence-corrected chi connectivity index (χ1v) is 8.07. The summed E-state index contributed by atoms with van der Waals surface area (Å²) in [6.07, 6.45) is 2.57. The van der Waals surface area contributed by atoms with E-state index in [1.807, 2.05) is 6.92 Å². The number of carboxylic acid groups (broad SMARTS) is 1. The second-order valence-electron chi connectivity index (χ2n) is 5.48. The molecule has 1 aromatic heterocycles. The monoisotopic (exact) mass is 311 g/mol. The Balaban J connectivity index is 2.08. The summed E-state index contributed by atoms with van der Waals surface area (Å²) < 4.78 is 0. The third-order valence-electron chi connectivity index (χ3n) is 3.95. The molecule has 7 heteroatoms. The molecule has 21 heavy (non-hydrogen) atoms. The number of rotatable bonds is 6. The zero-order valence-corrected chi connectivity index (χ0v) is 13.0. The normalized spacial score (nSPS) is 21.7. The Morgan fingerprint density at radius 3 is 2.95 bits per heavy atom. The Morgan fingerprint density at radius 1 is 1.57 bits per heavy atom.